The lowest BCUT2D eigenvalue weighted by Crippen LogP contribution is -2.59. The molecule has 0 spiro atoms. The molecule has 0 amide bonds. The van der Waals surface area contributed by atoms with E-state index in [9.17, 15) is 28.3 Å². The van der Waals surface area contributed by atoms with E-state index in [0.29, 0.717) is 13.1 Å². The number of nitrogens with zero attached hydrogens (tertiary/aromatic N) is 4. The second-order valence-electron chi connectivity index (χ2n) is 7.60. The zero-order chi connectivity index (χ0) is 20.4. The van der Waals surface area contributed by atoms with Gasteiger partial charge in [0.25, 0.3) is 0 Å². The van der Waals surface area contributed by atoms with Gasteiger partial charge in [-0.15, -0.1) is 0 Å². The maximum Gasteiger partial charge on any atom is 0.417 e. The quantitative estimate of drug-likeness (QED) is 0.775. The largest absolute Gasteiger partial charge is 0.462 e. The number of nitriles is 1. The number of pyridine rings is 1. The van der Waals surface area contributed by atoms with Gasteiger partial charge in [0.05, 0.1) is 17.7 Å². The maximum absolute atomic E-state index is 13.6. The van der Waals surface area contributed by atoms with Crippen LogP contribution >= 0.6 is 0 Å². The Morgan fingerprint density at radius 1 is 1.36 bits per heavy atom. The second-order valence-corrected chi connectivity index (χ2v) is 7.60. The average molecular weight is 396 g/mol. The van der Waals surface area contributed by atoms with Gasteiger partial charge in [-0.3, -0.25) is 4.79 Å². The smallest absolute Gasteiger partial charge is 0.417 e. The maximum atomic E-state index is 13.6. The molecule has 4 atom stereocenters. The van der Waals surface area contributed by atoms with Gasteiger partial charge in [-0.2, -0.15) is 18.4 Å². The third kappa shape index (κ3) is 2.94. The summed E-state index contributed by atoms with van der Waals surface area (Å²) in [7, 11) is 0. The molecule has 10 heteroatoms. The minimum Gasteiger partial charge on any atom is -0.462 e. The highest BCUT2D eigenvalue weighted by molar-refractivity contribution is 5.67. The minimum atomic E-state index is -4.70. The molecule has 0 radical (unpaired) electrons. The number of carbonyl (C=O) groups excluding carboxylic acids is 1. The molecule has 28 heavy (non-hydrogen) atoms. The van der Waals surface area contributed by atoms with Gasteiger partial charge < -0.3 is 19.6 Å². The number of hydrogen-bond acceptors (Lipinski definition) is 7. The molecule has 0 aromatic carbocycles. The van der Waals surface area contributed by atoms with Crippen molar-refractivity contribution < 1.29 is 27.8 Å². The van der Waals surface area contributed by atoms with Gasteiger partial charge in [0.15, 0.2) is 0 Å². The molecule has 1 aromatic rings. The zero-order valence-electron chi connectivity index (χ0n) is 15.3. The molecule has 1 N–H and O–H groups in total. The number of β-amino-alcohol motifs (C(OH)–C–C–N with tert-alkyl or cyclic N) is 1. The Kier molecular flexibility index (Phi) is 4.19. The first-order chi connectivity index (χ1) is 13.1. The molecule has 1 aliphatic carbocycles. The molecule has 1 saturated carbocycles. The van der Waals surface area contributed by atoms with Crippen molar-refractivity contribution >= 4 is 17.6 Å². The monoisotopic (exact) mass is 396 g/mol. The SMILES string of the molecule is CC(=O)OC1C2CN(c3cc(C(F)(F)F)c(C#N)c(N4C[C@@H](O)[C@@H]4C)n3)CC21. The topological polar surface area (TPSA) is 89.7 Å². The molecule has 2 aliphatic heterocycles. The third-order valence-corrected chi connectivity index (χ3v) is 5.85. The Morgan fingerprint density at radius 2 is 2.00 bits per heavy atom. The summed E-state index contributed by atoms with van der Waals surface area (Å²) in [6.07, 6.45) is -5.55. The average Bonchev–Trinajstić information content (AvgIpc) is 3.05. The molecule has 7 nitrogen and oxygen atoms in total. The van der Waals surface area contributed by atoms with Gasteiger partial charge in [-0.25, -0.2) is 4.98 Å². The molecule has 0 bridgehead atoms. The number of hydrogen-bond donors (Lipinski definition) is 1. The Morgan fingerprint density at radius 3 is 2.46 bits per heavy atom. The highest BCUT2D eigenvalue weighted by atomic mass is 19.4. The van der Waals surface area contributed by atoms with Gasteiger partial charge in [-0.05, 0) is 13.0 Å². The molecule has 3 aliphatic rings. The number of aromatic nitrogens is 1. The summed E-state index contributed by atoms with van der Waals surface area (Å²) in [5.74, 6) is -0.104. The van der Waals surface area contributed by atoms with Gasteiger partial charge in [0.2, 0.25) is 0 Å². The number of esters is 1. The highest BCUT2D eigenvalue weighted by Crippen LogP contribution is 2.49. The van der Waals surface area contributed by atoms with Crippen molar-refractivity contribution in [3.8, 4) is 6.07 Å². The van der Waals surface area contributed by atoms with Crippen molar-refractivity contribution in [3.05, 3.63) is 17.2 Å². The Balaban J connectivity index is 1.66. The van der Waals surface area contributed by atoms with Gasteiger partial charge >= 0.3 is 12.1 Å². The number of ether oxygens (including phenoxy) is 1. The van der Waals surface area contributed by atoms with Crippen LogP contribution in [0.2, 0.25) is 0 Å². The molecule has 4 rings (SSSR count). The van der Waals surface area contributed by atoms with E-state index in [2.05, 4.69) is 4.98 Å². The number of rotatable bonds is 3. The van der Waals surface area contributed by atoms with Crippen LogP contribution in [0.5, 0.6) is 0 Å². The van der Waals surface area contributed by atoms with Crippen LogP contribution in [0, 0.1) is 23.2 Å². The molecule has 2 unspecified atom stereocenters. The summed E-state index contributed by atoms with van der Waals surface area (Å²) in [6.45, 7) is 4.01. The van der Waals surface area contributed by atoms with Crippen LogP contribution in [-0.4, -0.2) is 53.9 Å². The van der Waals surface area contributed by atoms with E-state index in [1.807, 2.05) is 0 Å². The number of aliphatic hydroxyl groups is 1. The Hall–Kier alpha value is -2.54. The lowest BCUT2D eigenvalue weighted by molar-refractivity contribution is -0.143. The first-order valence-electron chi connectivity index (χ1n) is 9.01. The third-order valence-electron chi connectivity index (χ3n) is 5.85. The lowest BCUT2D eigenvalue weighted by Gasteiger charge is -2.45. The minimum absolute atomic E-state index is 0.0535. The Labute approximate surface area is 159 Å². The molecular weight excluding hydrogens is 377 g/mol. The summed E-state index contributed by atoms with van der Waals surface area (Å²) in [5.41, 5.74) is -1.56. The summed E-state index contributed by atoms with van der Waals surface area (Å²) in [6, 6.07) is 2.13. The number of anilines is 2. The molecule has 3 heterocycles. The van der Waals surface area contributed by atoms with Crippen molar-refractivity contribution in [2.45, 2.75) is 38.3 Å². The predicted molar refractivity (Wildman–Crippen MR) is 91.5 cm³/mol. The zero-order valence-corrected chi connectivity index (χ0v) is 15.3. The first kappa shape index (κ1) is 18.8. The van der Waals surface area contributed by atoms with Crippen LogP contribution in [-0.2, 0) is 15.7 Å². The Bertz CT molecular complexity index is 857. The molecular formula is C18H19F3N4O3. The van der Waals surface area contributed by atoms with E-state index < -0.39 is 29.4 Å². The van der Waals surface area contributed by atoms with E-state index in [4.69, 9.17) is 4.74 Å². The van der Waals surface area contributed by atoms with Crippen molar-refractivity contribution in [2.75, 3.05) is 29.4 Å². The summed E-state index contributed by atoms with van der Waals surface area (Å²) >= 11 is 0. The summed E-state index contributed by atoms with van der Waals surface area (Å²) in [4.78, 5) is 18.7. The number of carbonyl (C=O) groups is 1. The molecule has 3 fully saturated rings. The number of fused-ring (bicyclic) bond motifs is 1. The lowest BCUT2D eigenvalue weighted by atomic mass is 9.99. The molecule has 2 saturated heterocycles. The summed E-state index contributed by atoms with van der Waals surface area (Å²) < 4.78 is 46.0. The number of alkyl halides is 3. The van der Waals surface area contributed by atoms with Crippen molar-refractivity contribution in [1.29, 1.82) is 5.26 Å². The molecule has 150 valence electrons. The van der Waals surface area contributed by atoms with Gasteiger partial charge in [0, 0.05) is 38.4 Å². The number of piperidine rings is 1. The predicted octanol–water partition coefficient (Wildman–Crippen LogP) is 1.54. The van der Waals surface area contributed by atoms with Gasteiger partial charge in [-0.1, -0.05) is 0 Å². The van der Waals surface area contributed by atoms with Gasteiger partial charge in [0.1, 0.15) is 29.4 Å². The van der Waals surface area contributed by atoms with E-state index >= 15 is 0 Å². The fourth-order valence-electron chi connectivity index (χ4n) is 4.12. The van der Waals surface area contributed by atoms with Crippen molar-refractivity contribution in [2.24, 2.45) is 11.8 Å². The fraction of sp³-hybridized carbons (Fsp3) is 0.611. The van der Waals surface area contributed by atoms with Crippen molar-refractivity contribution in [3.63, 3.8) is 0 Å². The van der Waals surface area contributed by atoms with E-state index in [0.717, 1.165) is 6.07 Å². The normalized spacial score (nSPS) is 31.1. The highest BCUT2D eigenvalue weighted by Gasteiger charge is 2.59. The van der Waals surface area contributed by atoms with E-state index in [-0.39, 0.29) is 42.1 Å². The van der Waals surface area contributed by atoms with Crippen LogP contribution in [0.15, 0.2) is 6.07 Å². The van der Waals surface area contributed by atoms with E-state index in [1.165, 1.54) is 11.8 Å². The summed E-state index contributed by atoms with van der Waals surface area (Å²) in [5, 5.41) is 19.1. The van der Waals surface area contributed by atoms with Crippen LogP contribution in [0.25, 0.3) is 0 Å². The first-order valence-corrected chi connectivity index (χ1v) is 9.01. The fourth-order valence-corrected chi connectivity index (χ4v) is 4.12. The van der Waals surface area contributed by atoms with Crippen molar-refractivity contribution in [1.82, 2.24) is 4.98 Å². The number of aliphatic hydroxyl groups excluding tert-OH is 1. The van der Waals surface area contributed by atoms with Crippen LogP contribution < -0.4 is 9.80 Å². The van der Waals surface area contributed by atoms with E-state index in [1.54, 1.807) is 17.9 Å². The standard InChI is InChI=1S/C18H19F3N4O3/c1-8-14(27)7-25(8)17-10(4-22)13(18(19,20)21)3-15(23-17)24-5-11-12(6-24)16(11)28-9(2)26/h3,8,11-12,14,16,27H,5-7H2,1-2H3/t8-,11?,12?,14+,16?/m0/s1. The number of halogens is 3. The van der Waals surface area contributed by atoms with Crippen LogP contribution in [0.1, 0.15) is 25.0 Å². The van der Waals surface area contributed by atoms with Crippen LogP contribution in [0.3, 0.4) is 0 Å². The molecule has 1 aromatic heterocycles. The second kappa shape index (κ2) is 6.24. The van der Waals surface area contributed by atoms with Crippen LogP contribution in [0.4, 0.5) is 24.8 Å².